The van der Waals surface area contributed by atoms with Crippen molar-refractivity contribution < 1.29 is 8.83 Å². The molecule has 3 aromatic heterocycles. The van der Waals surface area contributed by atoms with Gasteiger partial charge in [0.15, 0.2) is 0 Å². The Labute approximate surface area is 625 Å². The summed E-state index contributed by atoms with van der Waals surface area (Å²) in [5, 5.41) is 6.59. The molecule has 0 fully saturated rings. The molecule has 22 rings (SSSR count). The third-order valence-electron chi connectivity index (χ3n) is 22.5. The molecule has 502 valence electrons. The van der Waals surface area contributed by atoms with Crippen LogP contribution in [0.1, 0.15) is 0 Å². The van der Waals surface area contributed by atoms with Crippen LogP contribution in [0.5, 0.6) is 0 Å². The van der Waals surface area contributed by atoms with Crippen molar-refractivity contribution in [2.75, 3.05) is 9.80 Å². The molecule has 0 spiro atoms. The van der Waals surface area contributed by atoms with Gasteiger partial charge in [-0.3, -0.25) is 0 Å². The molecule has 0 saturated heterocycles. The Kier molecular flexibility index (Phi) is 14.0. The van der Waals surface area contributed by atoms with Crippen molar-refractivity contribution in [2.24, 2.45) is 0 Å². The summed E-state index contributed by atoms with van der Waals surface area (Å²) in [5.41, 5.74) is 34.4. The minimum Gasteiger partial charge on any atom is -0.456 e. The van der Waals surface area contributed by atoms with Gasteiger partial charge in [-0.15, -0.1) is 0 Å². The van der Waals surface area contributed by atoms with Crippen LogP contribution in [0.3, 0.4) is 0 Å². The van der Waals surface area contributed by atoms with E-state index in [0.29, 0.717) is 0 Å². The molecule has 0 unspecified atom stereocenters. The molecule has 0 saturated carbocycles. The maximum absolute atomic E-state index is 6.99. The number of nitrogens with zero attached hydrogens (tertiary/aromatic N) is 3. The van der Waals surface area contributed by atoms with Gasteiger partial charge >= 0.3 is 0 Å². The highest BCUT2D eigenvalue weighted by atomic mass is 16.3. The first-order chi connectivity index (χ1) is 53.6. The highest BCUT2D eigenvalue weighted by Gasteiger charge is 2.46. The lowest BCUT2D eigenvalue weighted by Gasteiger charge is -2.46. The van der Waals surface area contributed by atoms with E-state index in [1.807, 2.05) is 0 Å². The molecule has 0 radical (unpaired) electrons. The Hall–Kier alpha value is -14.2. The average molecular weight is 1370 g/mol. The molecule has 108 heavy (non-hydrogen) atoms. The summed E-state index contributed by atoms with van der Waals surface area (Å²) in [4.78, 5) is 5.35. The quantitative estimate of drug-likeness (QED) is 0.121. The van der Waals surface area contributed by atoms with Gasteiger partial charge < -0.3 is 23.2 Å². The predicted octanol–water partition coefficient (Wildman–Crippen LogP) is 26.0. The molecule has 17 aromatic carbocycles. The SMILES string of the molecule is c1ccc(-c2cc(-c3ccccc3)c(N3c4ccc(-c5cccc6oc7ccccc7c56)cc4B4c5ccc(-n6c7ccccc7c7c8oc9ccccc9c8ccc76)cc5N(c5c(-c6ccccc6)cc(-c6ccccc6)cc5-c5ccccc5)c5cc(-c6ccccc6)cc3c54)c(-c3ccccc3)c2)cc1. The van der Waals surface area contributed by atoms with Crippen LogP contribution >= 0.6 is 0 Å². The van der Waals surface area contributed by atoms with Gasteiger partial charge in [-0.25, -0.2) is 0 Å². The third kappa shape index (κ3) is 9.67. The van der Waals surface area contributed by atoms with Gasteiger partial charge in [0.05, 0.1) is 27.8 Å². The Morgan fingerprint density at radius 1 is 0.222 bits per heavy atom. The van der Waals surface area contributed by atoms with E-state index in [-0.39, 0.29) is 6.71 Å². The van der Waals surface area contributed by atoms with Crippen molar-refractivity contribution in [3.8, 4) is 94.7 Å². The summed E-state index contributed by atoms with van der Waals surface area (Å²) in [7, 11) is 0. The summed E-state index contributed by atoms with van der Waals surface area (Å²) >= 11 is 0. The third-order valence-corrected chi connectivity index (χ3v) is 22.5. The van der Waals surface area contributed by atoms with Gasteiger partial charge in [0.1, 0.15) is 22.3 Å². The molecule has 6 heteroatoms. The molecular weight excluding hydrogens is 1310 g/mol. The molecule has 0 amide bonds. The Bertz CT molecular complexity index is 6850. The van der Waals surface area contributed by atoms with E-state index in [2.05, 4.69) is 403 Å². The zero-order valence-corrected chi connectivity index (χ0v) is 58.7. The number of rotatable bonds is 11. The predicted molar refractivity (Wildman–Crippen MR) is 453 cm³/mol. The monoisotopic (exact) mass is 1370 g/mol. The topological polar surface area (TPSA) is 37.7 Å². The number of aromatic nitrogens is 1. The molecule has 0 N–H and O–H groups in total. The van der Waals surface area contributed by atoms with Crippen LogP contribution in [0, 0.1) is 0 Å². The van der Waals surface area contributed by atoms with Crippen molar-refractivity contribution in [3.63, 3.8) is 0 Å². The van der Waals surface area contributed by atoms with Crippen LogP contribution in [0.25, 0.3) is 160 Å². The number of hydrogen-bond acceptors (Lipinski definition) is 4. The molecule has 5 heterocycles. The number of hydrogen-bond donors (Lipinski definition) is 0. The van der Waals surface area contributed by atoms with Gasteiger partial charge in [-0.05, 0) is 174 Å². The van der Waals surface area contributed by atoms with Gasteiger partial charge in [0.2, 0.25) is 0 Å². The fourth-order valence-corrected chi connectivity index (χ4v) is 17.8. The molecule has 2 aliphatic heterocycles. The van der Waals surface area contributed by atoms with Gasteiger partial charge in [-0.2, -0.15) is 0 Å². The minimum absolute atomic E-state index is 0.340. The van der Waals surface area contributed by atoms with E-state index in [0.717, 1.165) is 195 Å². The van der Waals surface area contributed by atoms with E-state index in [1.165, 1.54) is 16.4 Å². The zero-order valence-electron chi connectivity index (χ0n) is 58.7. The van der Waals surface area contributed by atoms with Crippen molar-refractivity contribution in [3.05, 3.63) is 388 Å². The molecule has 0 bridgehead atoms. The summed E-state index contributed by atoms with van der Waals surface area (Å²) in [6.45, 7) is -0.340. The first-order valence-corrected chi connectivity index (χ1v) is 37.1. The number of benzene rings is 17. The average Bonchev–Trinajstić information content (AvgIpc) is 0.803. The largest absolute Gasteiger partial charge is 0.456 e. The lowest BCUT2D eigenvalue weighted by atomic mass is 9.33. The first-order valence-electron chi connectivity index (χ1n) is 37.1. The highest BCUT2D eigenvalue weighted by molar-refractivity contribution is 7.00. The van der Waals surface area contributed by atoms with Gasteiger partial charge in [-0.1, -0.05) is 297 Å². The highest BCUT2D eigenvalue weighted by Crippen LogP contribution is 2.56. The fraction of sp³-hybridized carbons (Fsp3) is 0. The van der Waals surface area contributed by atoms with Crippen LogP contribution in [-0.4, -0.2) is 11.3 Å². The Balaban J connectivity index is 0.921. The van der Waals surface area contributed by atoms with Crippen molar-refractivity contribution >= 4 is 123 Å². The van der Waals surface area contributed by atoms with Gasteiger partial charge in [0, 0.05) is 77.6 Å². The lowest BCUT2D eigenvalue weighted by Crippen LogP contribution is -2.61. The van der Waals surface area contributed by atoms with E-state index in [9.17, 15) is 0 Å². The minimum atomic E-state index is -0.340. The van der Waals surface area contributed by atoms with Crippen molar-refractivity contribution in [1.29, 1.82) is 0 Å². The van der Waals surface area contributed by atoms with Crippen molar-refractivity contribution in [1.82, 2.24) is 4.57 Å². The summed E-state index contributed by atoms with van der Waals surface area (Å²) in [5.74, 6) is 0. The van der Waals surface area contributed by atoms with Crippen LogP contribution in [0.2, 0.25) is 0 Å². The second kappa shape index (κ2) is 24.7. The van der Waals surface area contributed by atoms with E-state index in [4.69, 9.17) is 8.83 Å². The Morgan fingerprint density at radius 2 is 0.667 bits per heavy atom. The van der Waals surface area contributed by atoms with E-state index in [1.54, 1.807) is 0 Å². The van der Waals surface area contributed by atoms with E-state index < -0.39 is 0 Å². The molecular formula is C102H64BN3O2. The summed E-state index contributed by atoms with van der Waals surface area (Å²) in [6, 6.07) is 143. The first kappa shape index (κ1) is 61.3. The van der Waals surface area contributed by atoms with Crippen LogP contribution < -0.4 is 26.2 Å². The fourth-order valence-electron chi connectivity index (χ4n) is 17.8. The lowest BCUT2D eigenvalue weighted by molar-refractivity contribution is 0.669. The van der Waals surface area contributed by atoms with Crippen molar-refractivity contribution in [2.45, 2.75) is 0 Å². The zero-order chi connectivity index (χ0) is 70.9. The molecule has 0 aliphatic carbocycles. The maximum Gasteiger partial charge on any atom is 0.252 e. The molecule has 5 nitrogen and oxygen atoms in total. The summed E-state index contributed by atoms with van der Waals surface area (Å²) < 4.78 is 16.2. The maximum atomic E-state index is 6.99. The number of anilines is 6. The van der Waals surface area contributed by atoms with Crippen LogP contribution in [-0.2, 0) is 0 Å². The second-order valence-corrected chi connectivity index (χ2v) is 28.5. The summed E-state index contributed by atoms with van der Waals surface area (Å²) in [6.07, 6.45) is 0. The van der Waals surface area contributed by atoms with E-state index >= 15 is 0 Å². The standard InChI is InChI=1S/C102H64BN3O2/c1-8-29-65(30-9-1)73-57-82(68-35-14-4-15-36-68)100(83(58-73)69-37-16-5-17-38-69)105-89-55-51-72(77-46-28-50-96-97(77)81-45-24-27-49-95(81)107-96)61-87(89)103-86-54-52-76(104-88-47-25-22-44-80(88)98-90(104)56-53-79-78-43-23-26-48-94(78)108-102(79)98)64-91(86)106(93-63-75(62-92(105)99(93)103)67-33-12-3-13-34-67)101-84(70-39-18-6-19-40-70)59-74(66-31-10-2-11-32-66)60-85(101)71-41-20-7-21-42-71/h1-64H. The molecule has 20 aromatic rings. The second-order valence-electron chi connectivity index (χ2n) is 28.5. The molecule has 2 aliphatic rings. The smallest absolute Gasteiger partial charge is 0.252 e. The van der Waals surface area contributed by atoms with Crippen LogP contribution in [0.4, 0.5) is 34.1 Å². The molecule has 0 atom stereocenters. The van der Waals surface area contributed by atoms with Gasteiger partial charge in [0.25, 0.3) is 6.71 Å². The van der Waals surface area contributed by atoms with Crippen LogP contribution in [0.15, 0.2) is 397 Å². The number of para-hydroxylation sites is 3. The Morgan fingerprint density at radius 3 is 1.20 bits per heavy atom. The number of fused-ring (bicyclic) bond motifs is 14. The number of furan rings is 2. The normalized spacial score (nSPS) is 12.4.